The number of thiazole rings is 1. The fourth-order valence-corrected chi connectivity index (χ4v) is 6.47. The molecule has 7 nitrogen and oxygen atoms in total. The van der Waals surface area contributed by atoms with E-state index in [1.165, 1.54) is 35.6 Å². The van der Waals surface area contributed by atoms with Crippen LogP contribution in [0.25, 0.3) is 11.3 Å². The van der Waals surface area contributed by atoms with E-state index in [2.05, 4.69) is 30.2 Å². The average molecular weight is 481 g/mol. The fraction of sp³-hybridized carbons (Fsp3) is 0.292. The normalized spacial score (nSPS) is 19.1. The predicted octanol–water partition coefficient (Wildman–Crippen LogP) is 4.60. The monoisotopic (exact) mass is 480 g/mol. The molecule has 1 aliphatic heterocycles. The van der Waals surface area contributed by atoms with Crippen LogP contribution in [-0.2, 0) is 10.0 Å². The molecule has 0 saturated carbocycles. The van der Waals surface area contributed by atoms with E-state index in [-0.39, 0.29) is 10.8 Å². The standard InChI is InChI=1S/C24H24N4O3S2/c1-16-11-17(2)14-28(13-16)33(30,31)21-9-7-20(8-10-21)23(29)27-24-26-22(15-32-24)19-5-3-18(12-25)4-6-19/h3-10,15-17H,11,13-14H2,1-2H3,(H,26,27,29). The van der Waals surface area contributed by atoms with Gasteiger partial charge in [-0.15, -0.1) is 11.3 Å². The zero-order valence-corrected chi connectivity index (χ0v) is 20.0. The zero-order chi connectivity index (χ0) is 23.6. The van der Waals surface area contributed by atoms with E-state index < -0.39 is 10.0 Å². The summed E-state index contributed by atoms with van der Waals surface area (Å²) in [5.41, 5.74) is 2.47. The molecule has 3 aromatic rings. The Morgan fingerprint density at radius 1 is 1.09 bits per heavy atom. The van der Waals surface area contributed by atoms with Crippen LogP contribution < -0.4 is 5.32 Å². The summed E-state index contributed by atoms with van der Waals surface area (Å²) in [5.74, 6) is 0.280. The van der Waals surface area contributed by atoms with Crippen molar-refractivity contribution in [2.45, 2.75) is 25.2 Å². The van der Waals surface area contributed by atoms with Gasteiger partial charge in [0.05, 0.1) is 22.2 Å². The molecule has 1 aliphatic rings. The van der Waals surface area contributed by atoms with E-state index in [0.717, 1.165) is 12.0 Å². The van der Waals surface area contributed by atoms with Gasteiger partial charge in [-0.1, -0.05) is 26.0 Å². The zero-order valence-electron chi connectivity index (χ0n) is 18.4. The third kappa shape index (κ3) is 5.14. The van der Waals surface area contributed by atoms with Gasteiger partial charge >= 0.3 is 0 Å². The van der Waals surface area contributed by atoms with E-state index in [4.69, 9.17) is 5.26 Å². The van der Waals surface area contributed by atoms with Crippen LogP contribution in [0.5, 0.6) is 0 Å². The van der Waals surface area contributed by atoms with Crippen LogP contribution in [0.4, 0.5) is 5.13 Å². The highest BCUT2D eigenvalue weighted by Gasteiger charge is 2.31. The van der Waals surface area contributed by atoms with Crippen LogP contribution in [0.2, 0.25) is 0 Å². The molecule has 0 radical (unpaired) electrons. The van der Waals surface area contributed by atoms with Crippen molar-refractivity contribution < 1.29 is 13.2 Å². The minimum Gasteiger partial charge on any atom is -0.298 e. The van der Waals surface area contributed by atoms with Crippen LogP contribution in [-0.4, -0.2) is 36.7 Å². The molecule has 9 heteroatoms. The average Bonchev–Trinajstić information content (AvgIpc) is 3.27. The Labute approximate surface area is 197 Å². The van der Waals surface area contributed by atoms with E-state index in [1.54, 1.807) is 16.4 Å². The van der Waals surface area contributed by atoms with Crippen LogP contribution in [0.15, 0.2) is 58.8 Å². The first-order valence-corrected chi connectivity index (χ1v) is 13.0. The van der Waals surface area contributed by atoms with Gasteiger partial charge in [0.15, 0.2) is 5.13 Å². The lowest BCUT2D eigenvalue weighted by Gasteiger charge is -2.34. The second-order valence-electron chi connectivity index (χ2n) is 8.47. The van der Waals surface area contributed by atoms with Crippen molar-refractivity contribution in [2.24, 2.45) is 11.8 Å². The van der Waals surface area contributed by atoms with Crippen LogP contribution >= 0.6 is 11.3 Å². The van der Waals surface area contributed by atoms with E-state index in [9.17, 15) is 13.2 Å². The number of nitrogens with one attached hydrogen (secondary N) is 1. The molecule has 0 bridgehead atoms. The number of carbonyl (C=O) groups excluding carboxylic acids is 1. The minimum absolute atomic E-state index is 0.192. The van der Waals surface area contributed by atoms with Gasteiger partial charge in [-0.25, -0.2) is 13.4 Å². The van der Waals surface area contributed by atoms with Crippen molar-refractivity contribution in [1.29, 1.82) is 5.26 Å². The Morgan fingerprint density at radius 2 is 1.73 bits per heavy atom. The molecule has 0 spiro atoms. The number of nitrogens with zero attached hydrogens (tertiary/aromatic N) is 3. The van der Waals surface area contributed by atoms with Crippen LogP contribution in [0, 0.1) is 23.2 Å². The van der Waals surface area contributed by atoms with Gasteiger partial charge < -0.3 is 0 Å². The summed E-state index contributed by atoms with van der Waals surface area (Å²) in [7, 11) is -3.59. The number of amides is 1. The molecule has 1 N–H and O–H groups in total. The number of nitriles is 1. The molecule has 1 aromatic heterocycles. The first-order valence-electron chi connectivity index (χ1n) is 10.6. The summed E-state index contributed by atoms with van der Waals surface area (Å²) < 4.78 is 27.6. The number of anilines is 1. The molecule has 33 heavy (non-hydrogen) atoms. The number of aromatic nitrogens is 1. The van der Waals surface area contributed by atoms with Crippen LogP contribution in [0.1, 0.15) is 36.2 Å². The minimum atomic E-state index is -3.59. The highest BCUT2D eigenvalue weighted by molar-refractivity contribution is 7.89. The van der Waals surface area contributed by atoms with Gasteiger partial charge in [0.1, 0.15) is 0 Å². The summed E-state index contributed by atoms with van der Waals surface area (Å²) >= 11 is 1.29. The number of piperidine rings is 1. The maximum Gasteiger partial charge on any atom is 0.257 e. The molecule has 2 unspecified atom stereocenters. The lowest BCUT2D eigenvalue weighted by atomic mass is 9.94. The lowest BCUT2D eigenvalue weighted by molar-refractivity contribution is 0.102. The number of hydrogen-bond donors (Lipinski definition) is 1. The number of hydrogen-bond acceptors (Lipinski definition) is 6. The smallest absolute Gasteiger partial charge is 0.257 e. The molecule has 1 amide bonds. The number of carbonyl (C=O) groups is 1. The largest absolute Gasteiger partial charge is 0.298 e. The van der Waals surface area contributed by atoms with Gasteiger partial charge in [-0.2, -0.15) is 9.57 Å². The Bertz CT molecular complexity index is 1280. The Morgan fingerprint density at radius 3 is 2.33 bits per heavy atom. The van der Waals surface area contributed by atoms with Crippen LogP contribution in [0.3, 0.4) is 0 Å². The first-order chi connectivity index (χ1) is 15.8. The molecule has 2 heterocycles. The predicted molar refractivity (Wildman–Crippen MR) is 128 cm³/mol. The fourth-order valence-electron chi connectivity index (χ4n) is 4.08. The lowest BCUT2D eigenvalue weighted by Crippen LogP contribution is -2.42. The summed E-state index contributed by atoms with van der Waals surface area (Å²) in [6.45, 7) is 5.16. The Kier molecular flexibility index (Phi) is 6.61. The Hall–Kier alpha value is -3.06. The Balaban J connectivity index is 1.44. The van der Waals surface area contributed by atoms with Gasteiger partial charge in [-0.3, -0.25) is 10.1 Å². The second-order valence-corrected chi connectivity index (χ2v) is 11.3. The molecule has 1 fully saturated rings. The van der Waals surface area contributed by atoms with Crippen molar-refractivity contribution in [3.63, 3.8) is 0 Å². The molecule has 1 saturated heterocycles. The number of sulfonamides is 1. The van der Waals surface area contributed by atoms with Crippen molar-refractivity contribution >= 4 is 32.4 Å². The molecule has 170 valence electrons. The SMILES string of the molecule is CC1CC(C)CN(S(=O)(=O)c2ccc(C(=O)Nc3nc(-c4ccc(C#N)cc4)cs3)cc2)C1. The maximum absolute atomic E-state index is 13.0. The second kappa shape index (κ2) is 9.43. The first kappa shape index (κ1) is 23.1. The third-order valence-corrected chi connectivity index (χ3v) is 8.23. The van der Waals surface area contributed by atoms with Gasteiger partial charge in [0, 0.05) is 29.6 Å². The summed E-state index contributed by atoms with van der Waals surface area (Å²) in [6, 6.07) is 15.1. The van der Waals surface area contributed by atoms with E-state index >= 15 is 0 Å². The molecule has 0 aliphatic carbocycles. The van der Waals surface area contributed by atoms with E-state index in [1.807, 2.05) is 17.5 Å². The van der Waals surface area contributed by atoms with Crippen molar-refractivity contribution in [3.05, 3.63) is 65.0 Å². The van der Waals surface area contributed by atoms with Gasteiger partial charge in [0.2, 0.25) is 10.0 Å². The number of rotatable bonds is 5. The van der Waals surface area contributed by atoms with Gasteiger partial charge in [-0.05, 0) is 54.7 Å². The maximum atomic E-state index is 13.0. The van der Waals surface area contributed by atoms with Crippen molar-refractivity contribution in [1.82, 2.24) is 9.29 Å². The molecule has 2 aromatic carbocycles. The quantitative estimate of drug-likeness (QED) is 0.575. The molecule has 4 rings (SSSR count). The van der Waals surface area contributed by atoms with Crippen molar-refractivity contribution in [3.8, 4) is 17.3 Å². The van der Waals surface area contributed by atoms with Gasteiger partial charge in [0.25, 0.3) is 5.91 Å². The summed E-state index contributed by atoms with van der Waals surface area (Å²) in [5, 5.41) is 13.9. The highest BCUT2D eigenvalue weighted by Crippen LogP contribution is 2.28. The third-order valence-electron chi connectivity index (χ3n) is 5.62. The van der Waals surface area contributed by atoms with Crippen molar-refractivity contribution in [2.75, 3.05) is 18.4 Å². The highest BCUT2D eigenvalue weighted by atomic mass is 32.2. The summed E-state index contributed by atoms with van der Waals surface area (Å²) in [4.78, 5) is 17.3. The topological polar surface area (TPSA) is 103 Å². The molecular formula is C24H24N4O3S2. The molecule has 2 atom stereocenters. The number of benzene rings is 2. The van der Waals surface area contributed by atoms with E-state index in [0.29, 0.717) is 46.9 Å². The molecular weight excluding hydrogens is 456 g/mol. The summed E-state index contributed by atoms with van der Waals surface area (Å²) in [6.07, 6.45) is 1.02.